The van der Waals surface area contributed by atoms with Crippen LogP contribution < -0.4 is 0 Å². The third-order valence-electron chi connectivity index (χ3n) is 8.08. The quantitative estimate of drug-likeness (QED) is 0.321. The summed E-state index contributed by atoms with van der Waals surface area (Å²) in [6.45, 7) is 0.378. The van der Waals surface area contributed by atoms with Crippen molar-refractivity contribution in [1.29, 1.82) is 0 Å². The molecular weight excluding hydrogens is 430 g/mol. The van der Waals surface area contributed by atoms with Gasteiger partial charge in [-0.05, 0) is 63.4 Å². The molecule has 7 rings (SSSR count). The molecule has 2 unspecified atom stereocenters. The van der Waals surface area contributed by atoms with E-state index < -0.39 is 0 Å². The molecule has 0 saturated carbocycles. The Labute approximate surface area is 205 Å². The largest absolute Gasteiger partial charge is 0.448 e. The number of amides is 1. The van der Waals surface area contributed by atoms with Crippen LogP contribution in [0.5, 0.6) is 0 Å². The first-order chi connectivity index (χ1) is 17.3. The number of ether oxygens (including phenoxy) is 1. The molecule has 4 aromatic carbocycles. The lowest BCUT2D eigenvalue weighted by Crippen LogP contribution is -2.43. The highest BCUT2D eigenvalue weighted by Crippen LogP contribution is 2.45. The van der Waals surface area contributed by atoms with Crippen LogP contribution in [0.15, 0.2) is 97.1 Å². The van der Waals surface area contributed by atoms with E-state index in [0.717, 1.165) is 19.3 Å². The third kappa shape index (κ3) is 3.30. The lowest BCUT2D eigenvalue weighted by molar-refractivity contribution is 0.0867. The average molecular weight is 458 g/mol. The van der Waals surface area contributed by atoms with Gasteiger partial charge in [0, 0.05) is 12.0 Å². The maximum atomic E-state index is 13.4. The van der Waals surface area contributed by atoms with E-state index >= 15 is 0 Å². The van der Waals surface area contributed by atoms with E-state index in [2.05, 4.69) is 97.1 Å². The number of carbonyl (C=O) groups is 1. The van der Waals surface area contributed by atoms with Crippen LogP contribution in [0.25, 0.3) is 27.5 Å². The van der Waals surface area contributed by atoms with Crippen LogP contribution >= 0.6 is 0 Å². The summed E-state index contributed by atoms with van der Waals surface area (Å²) in [5.41, 5.74) is 7.67. The Hall–Kier alpha value is -3.85. The van der Waals surface area contributed by atoms with Gasteiger partial charge in [-0.2, -0.15) is 0 Å². The summed E-state index contributed by atoms with van der Waals surface area (Å²) >= 11 is 0. The van der Waals surface area contributed by atoms with Crippen molar-refractivity contribution in [3.8, 4) is 11.1 Å². The first-order valence-corrected chi connectivity index (χ1v) is 12.6. The molecule has 2 aliphatic heterocycles. The van der Waals surface area contributed by atoms with Gasteiger partial charge in [-0.3, -0.25) is 4.90 Å². The molecule has 2 bridgehead atoms. The van der Waals surface area contributed by atoms with Crippen molar-refractivity contribution in [2.45, 2.75) is 37.3 Å². The molecule has 35 heavy (non-hydrogen) atoms. The number of nitrogens with zero attached hydrogens (tertiary/aromatic N) is 1. The summed E-state index contributed by atoms with van der Waals surface area (Å²) in [7, 11) is 0. The molecule has 0 N–H and O–H groups in total. The van der Waals surface area contributed by atoms with Crippen molar-refractivity contribution >= 4 is 22.4 Å². The van der Waals surface area contributed by atoms with Gasteiger partial charge in [0.05, 0.1) is 6.04 Å². The van der Waals surface area contributed by atoms with Gasteiger partial charge in [-0.15, -0.1) is 0 Å². The van der Waals surface area contributed by atoms with E-state index in [-0.39, 0.29) is 24.1 Å². The average Bonchev–Trinajstić information content (AvgIpc) is 3.37. The molecule has 0 aromatic heterocycles. The fourth-order valence-electron chi connectivity index (χ4n) is 6.49. The molecule has 0 radical (unpaired) electrons. The number of carbonyl (C=O) groups excluding carboxylic acids is 1. The van der Waals surface area contributed by atoms with Gasteiger partial charge in [-0.1, -0.05) is 97.1 Å². The smallest absolute Gasteiger partial charge is 0.410 e. The molecule has 1 aliphatic carbocycles. The third-order valence-corrected chi connectivity index (χ3v) is 8.08. The number of hydrogen-bond acceptors (Lipinski definition) is 2. The molecule has 3 aliphatic rings. The number of fused-ring (bicyclic) bond motifs is 6. The summed E-state index contributed by atoms with van der Waals surface area (Å²) in [6.07, 6.45) is 5.05. The predicted octanol–water partition coefficient (Wildman–Crippen LogP) is 7.41. The van der Waals surface area contributed by atoms with Crippen LogP contribution in [0.4, 0.5) is 4.79 Å². The normalized spacial score (nSPS) is 20.5. The van der Waals surface area contributed by atoms with Gasteiger partial charge in [0.2, 0.25) is 0 Å². The standard InChI is InChI=1S/C32H27NO2/c34-32(35-20-31-29-13-5-3-11-27(29)28-12-4-6-14-30(28)31)33-23-16-17-24(33)19-22(18-23)26-15-7-9-21-8-1-2-10-25(21)26/h1-15,18,23-24,31H,16-17,19-20H2. The summed E-state index contributed by atoms with van der Waals surface area (Å²) < 4.78 is 6.03. The van der Waals surface area contributed by atoms with Crippen molar-refractivity contribution in [3.05, 3.63) is 114 Å². The fraction of sp³-hybridized carbons (Fsp3) is 0.219. The van der Waals surface area contributed by atoms with E-state index in [0.29, 0.717) is 6.61 Å². The Morgan fingerprint density at radius 1 is 0.771 bits per heavy atom. The minimum Gasteiger partial charge on any atom is -0.448 e. The zero-order valence-electron chi connectivity index (χ0n) is 19.6. The zero-order chi connectivity index (χ0) is 23.4. The lowest BCUT2D eigenvalue weighted by atomic mass is 9.91. The minimum absolute atomic E-state index is 0.0931. The van der Waals surface area contributed by atoms with Crippen molar-refractivity contribution in [1.82, 2.24) is 4.90 Å². The van der Waals surface area contributed by atoms with Crippen LogP contribution in [0, 0.1) is 0 Å². The first-order valence-electron chi connectivity index (χ1n) is 12.6. The van der Waals surface area contributed by atoms with E-state index in [1.54, 1.807) is 0 Å². The Kier molecular flexibility index (Phi) is 4.76. The summed E-state index contributed by atoms with van der Waals surface area (Å²) in [6, 6.07) is 32.4. The number of hydrogen-bond donors (Lipinski definition) is 0. The first kappa shape index (κ1) is 20.5. The second-order valence-electron chi connectivity index (χ2n) is 9.93. The summed E-state index contributed by atoms with van der Waals surface area (Å²) in [5.74, 6) is 0.0931. The minimum atomic E-state index is -0.174. The van der Waals surface area contributed by atoms with Gasteiger partial charge in [0.1, 0.15) is 6.61 Å². The monoisotopic (exact) mass is 457 g/mol. The Morgan fingerprint density at radius 3 is 2.20 bits per heavy atom. The summed E-state index contributed by atoms with van der Waals surface area (Å²) in [4.78, 5) is 15.4. The highest BCUT2D eigenvalue weighted by molar-refractivity contribution is 5.94. The van der Waals surface area contributed by atoms with Gasteiger partial charge in [0.15, 0.2) is 0 Å². The van der Waals surface area contributed by atoms with Gasteiger partial charge in [-0.25, -0.2) is 4.79 Å². The fourth-order valence-corrected chi connectivity index (χ4v) is 6.49. The number of rotatable bonds is 3. The van der Waals surface area contributed by atoms with Crippen LogP contribution in [-0.4, -0.2) is 29.7 Å². The molecule has 4 aromatic rings. The summed E-state index contributed by atoms with van der Waals surface area (Å²) in [5, 5.41) is 2.55. The Bertz CT molecular complexity index is 1440. The van der Waals surface area contributed by atoms with Crippen molar-refractivity contribution in [2.75, 3.05) is 6.61 Å². The van der Waals surface area contributed by atoms with Crippen LogP contribution in [0.1, 0.15) is 41.9 Å². The molecular formula is C32H27NO2. The van der Waals surface area contributed by atoms with Crippen LogP contribution in [0.3, 0.4) is 0 Å². The molecule has 0 spiro atoms. The predicted molar refractivity (Wildman–Crippen MR) is 140 cm³/mol. The molecule has 2 heterocycles. The van der Waals surface area contributed by atoms with E-state index in [9.17, 15) is 4.79 Å². The number of benzene rings is 4. The van der Waals surface area contributed by atoms with Gasteiger partial charge in [0.25, 0.3) is 0 Å². The molecule has 1 amide bonds. The van der Waals surface area contributed by atoms with Crippen molar-refractivity contribution in [3.63, 3.8) is 0 Å². The highest BCUT2D eigenvalue weighted by Gasteiger charge is 2.41. The Balaban J connectivity index is 1.13. The second-order valence-corrected chi connectivity index (χ2v) is 9.93. The molecule has 3 nitrogen and oxygen atoms in total. The lowest BCUT2D eigenvalue weighted by Gasteiger charge is -2.34. The molecule has 1 saturated heterocycles. The molecule has 1 fully saturated rings. The SMILES string of the molecule is O=C(OCC1c2ccccc2-c2ccccc21)N1C2C=C(c3cccc4ccccc34)CC1CC2. The van der Waals surface area contributed by atoms with Crippen molar-refractivity contribution in [2.24, 2.45) is 0 Å². The maximum absolute atomic E-state index is 13.4. The molecule has 172 valence electrons. The topological polar surface area (TPSA) is 29.5 Å². The van der Waals surface area contributed by atoms with Crippen LogP contribution in [0.2, 0.25) is 0 Å². The maximum Gasteiger partial charge on any atom is 0.410 e. The Morgan fingerprint density at radius 2 is 1.43 bits per heavy atom. The highest BCUT2D eigenvalue weighted by atomic mass is 16.6. The van der Waals surface area contributed by atoms with Crippen LogP contribution in [-0.2, 0) is 4.74 Å². The van der Waals surface area contributed by atoms with Gasteiger partial charge >= 0.3 is 6.09 Å². The zero-order valence-corrected chi connectivity index (χ0v) is 19.6. The molecule has 3 heteroatoms. The second kappa shape index (κ2) is 8.13. The van der Waals surface area contributed by atoms with E-state index in [1.165, 1.54) is 44.2 Å². The van der Waals surface area contributed by atoms with E-state index in [1.807, 2.05) is 4.90 Å². The van der Waals surface area contributed by atoms with E-state index in [4.69, 9.17) is 4.74 Å². The molecule has 2 atom stereocenters. The van der Waals surface area contributed by atoms with Crippen molar-refractivity contribution < 1.29 is 9.53 Å². The van der Waals surface area contributed by atoms with Gasteiger partial charge < -0.3 is 4.74 Å².